The van der Waals surface area contributed by atoms with Crippen molar-refractivity contribution in [2.24, 2.45) is 0 Å². The van der Waals surface area contributed by atoms with Gasteiger partial charge in [-0.1, -0.05) is 19.1 Å². The highest BCUT2D eigenvalue weighted by molar-refractivity contribution is 7.99. The van der Waals surface area contributed by atoms with Gasteiger partial charge in [0.1, 0.15) is 17.2 Å². The summed E-state index contributed by atoms with van der Waals surface area (Å²) in [6.45, 7) is 1.79. The zero-order chi connectivity index (χ0) is 19.4. The fourth-order valence-electron chi connectivity index (χ4n) is 2.56. The fraction of sp³-hybridized carbons (Fsp3) is 0.211. The molecule has 140 valence electrons. The van der Waals surface area contributed by atoms with Crippen molar-refractivity contribution in [2.45, 2.75) is 30.7 Å². The Labute approximate surface area is 157 Å². The first kappa shape index (κ1) is 19.0. The van der Waals surface area contributed by atoms with E-state index < -0.39 is 17.4 Å². The number of esters is 1. The van der Waals surface area contributed by atoms with E-state index >= 15 is 0 Å². The van der Waals surface area contributed by atoms with Gasteiger partial charge in [-0.2, -0.15) is 8.78 Å². The Morgan fingerprint density at radius 1 is 1.30 bits per heavy atom. The van der Waals surface area contributed by atoms with Crippen molar-refractivity contribution in [1.82, 2.24) is 4.98 Å². The highest BCUT2D eigenvalue weighted by Crippen LogP contribution is 2.27. The van der Waals surface area contributed by atoms with Crippen molar-refractivity contribution in [2.75, 3.05) is 0 Å². The lowest BCUT2D eigenvalue weighted by Crippen LogP contribution is -2.10. The number of aryl methyl sites for hydroxylation is 1. The molecule has 0 spiro atoms. The lowest BCUT2D eigenvalue weighted by Gasteiger charge is -2.10. The second kappa shape index (κ2) is 8.30. The summed E-state index contributed by atoms with van der Waals surface area (Å²) in [4.78, 5) is 27.9. The maximum absolute atomic E-state index is 12.6. The molecule has 0 fully saturated rings. The van der Waals surface area contributed by atoms with Gasteiger partial charge in [-0.3, -0.25) is 0 Å². The normalized spacial score (nSPS) is 11.1. The third-order valence-corrected chi connectivity index (χ3v) is 4.58. The van der Waals surface area contributed by atoms with E-state index in [2.05, 4.69) is 4.98 Å². The molecule has 0 saturated heterocycles. The van der Waals surface area contributed by atoms with Crippen LogP contribution in [0.15, 0.2) is 56.8 Å². The van der Waals surface area contributed by atoms with Crippen LogP contribution < -0.4 is 5.63 Å². The van der Waals surface area contributed by atoms with E-state index in [0.29, 0.717) is 16.5 Å². The molecule has 27 heavy (non-hydrogen) atoms. The summed E-state index contributed by atoms with van der Waals surface area (Å²) in [5.74, 6) is -3.50. The molecule has 1 aromatic carbocycles. The first-order valence-corrected chi connectivity index (χ1v) is 8.98. The van der Waals surface area contributed by atoms with Gasteiger partial charge in [0, 0.05) is 23.2 Å². The monoisotopic (exact) mass is 391 g/mol. The molecular formula is C19H15F2NO4S. The van der Waals surface area contributed by atoms with Gasteiger partial charge in [0.05, 0.1) is 5.56 Å². The third kappa shape index (κ3) is 4.51. The standard InChI is InChI=1S/C19H15F2NO4S/c1-2-11-5-6-13-12(9-16(23)26-15(13)8-11)10-25-18(24)14-4-3-7-22-17(14)27-19(20)21/h3-9,19H,2,10H2,1H3. The molecule has 0 aliphatic heterocycles. The smallest absolute Gasteiger partial charge is 0.341 e. The number of carbonyl (C=O) groups is 1. The van der Waals surface area contributed by atoms with Crippen LogP contribution in [0.5, 0.6) is 0 Å². The number of aromatic nitrogens is 1. The lowest BCUT2D eigenvalue weighted by molar-refractivity contribution is 0.0468. The summed E-state index contributed by atoms with van der Waals surface area (Å²) >= 11 is 0.174. The quantitative estimate of drug-likeness (QED) is 0.352. The number of fused-ring (bicyclic) bond motifs is 1. The second-order valence-corrected chi connectivity index (χ2v) is 6.56. The number of carbonyl (C=O) groups excluding carboxylic acids is 1. The zero-order valence-corrected chi connectivity index (χ0v) is 15.1. The fourth-order valence-corrected chi connectivity index (χ4v) is 3.13. The molecule has 0 aliphatic carbocycles. The number of hydrogen-bond donors (Lipinski definition) is 0. The predicted octanol–water partition coefficient (Wildman–Crippen LogP) is 4.42. The minimum Gasteiger partial charge on any atom is -0.457 e. The van der Waals surface area contributed by atoms with E-state index in [1.165, 1.54) is 24.4 Å². The van der Waals surface area contributed by atoms with Crippen LogP contribution in [0.1, 0.15) is 28.4 Å². The first-order valence-electron chi connectivity index (χ1n) is 8.10. The maximum Gasteiger partial charge on any atom is 0.341 e. The number of halogens is 2. The SMILES string of the molecule is CCc1ccc2c(COC(=O)c3cccnc3SC(F)F)cc(=O)oc2c1. The van der Waals surface area contributed by atoms with E-state index in [1.807, 2.05) is 13.0 Å². The molecule has 0 aliphatic rings. The Morgan fingerprint density at radius 3 is 2.85 bits per heavy atom. The van der Waals surface area contributed by atoms with Crippen LogP contribution in [0.25, 0.3) is 11.0 Å². The first-order chi connectivity index (χ1) is 13.0. The highest BCUT2D eigenvalue weighted by atomic mass is 32.2. The van der Waals surface area contributed by atoms with Gasteiger partial charge in [0.2, 0.25) is 0 Å². The van der Waals surface area contributed by atoms with E-state index in [-0.39, 0.29) is 29.0 Å². The van der Waals surface area contributed by atoms with E-state index in [9.17, 15) is 18.4 Å². The molecule has 0 N–H and O–H groups in total. The number of rotatable bonds is 6. The Hall–Kier alpha value is -2.74. The van der Waals surface area contributed by atoms with Gasteiger partial charge in [-0.05, 0) is 41.9 Å². The van der Waals surface area contributed by atoms with Crippen LogP contribution in [0.4, 0.5) is 8.78 Å². The third-order valence-electron chi connectivity index (χ3n) is 3.85. The Bertz CT molecular complexity index is 1040. The van der Waals surface area contributed by atoms with Gasteiger partial charge in [0.25, 0.3) is 5.76 Å². The van der Waals surface area contributed by atoms with Crippen LogP contribution >= 0.6 is 11.8 Å². The molecule has 0 amide bonds. The number of hydrogen-bond acceptors (Lipinski definition) is 6. The van der Waals surface area contributed by atoms with Crippen LogP contribution in [0, 0.1) is 0 Å². The molecule has 0 unspecified atom stereocenters. The highest BCUT2D eigenvalue weighted by Gasteiger charge is 2.18. The lowest BCUT2D eigenvalue weighted by atomic mass is 10.1. The summed E-state index contributed by atoms with van der Waals surface area (Å²) in [6, 6.07) is 9.53. The summed E-state index contributed by atoms with van der Waals surface area (Å²) in [5, 5.41) is 0.537. The van der Waals surface area contributed by atoms with Gasteiger partial charge in [-0.25, -0.2) is 14.6 Å². The van der Waals surface area contributed by atoms with E-state index in [4.69, 9.17) is 9.15 Å². The Kier molecular flexibility index (Phi) is 5.85. The minimum absolute atomic E-state index is 0.0525. The van der Waals surface area contributed by atoms with Crippen molar-refractivity contribution < 1.29 is 22.7 Å². The summed E-state index contributed by atoms with van der Waals surface area (Å²) < 4.78 is 35.7. The number of alkyl halides is 2. The molecule has 2 aromatic heterocycles. The molecule has 0 atom stereocenters. The molecule has 8 heteroatoms. The average Bonchev–Trinajstić information content (AvgIpc) is 2.65. The number of ether oxygens (including phenoxy) is 1. The molecule has 5 nitrogen and oxygen atoms in total. The summed E-state index contributed by atoms with van der Waals surface area (Å²) in [5.41, 5.74) is 1.27. The summed E-state index contributed by atoms with van der Waals surface area (Å²) in [6.07, 6.45) is 2.10. The van der Waals surface area contributed by atoms with Crippen molar-refractivity contribution in [3.05, 3.63) is 69.7 Å². The van der Waals surface area contributed by atoms with Crippen LogP contribution in [0.3, 0.4) is 0 Å². The second-order valence-electron chi connectivity index (χ2n) is 5.59. The summed E-state index contributed by atoms with van der Waals surface area (Å²) in [7, 11) is 0. The molecule has 2 heterocycles. The van der Waals surface area contributed by atoms with Gasteiger partial charge >= 0.3 is 11.6 Å². The predicted molar refractivity (Wildman–Crippen MR) is 97.1 cm³/mol. The Balaban J connectivity index is 1.85. The molecule has 0 radical (unpaired) electrons. The van der Waals surface area contributed by atoms with E-state index in [1.54, 1.807) is 12.1 Å². The zero-order valence-electron chi connectivity index (χ0n) is 14.3. The Morgan fingerprint density at radius 2 is 2.11 bits per heavy atom. The number of thioether (sulfide) groups is 1. The van der Waals surface area contributed by atoms with Crippen molar-refractivity contribution in [3.8, 4) is 0 Å². The number of nitrogens with zero attached hydrogens (tertiary/aromatic N) is 1. The largest absolute Gasteiger partial charge is 0.457 e. The van der Waals surface area contributed by atoms with Gasteiger partial charge in [-0.15, -0.1) is 0 Å². The van der Waals surface area contributed by atoms with E-state index in [0.717, 1.165) is 12.0 Å². The molecule has 3 aromatic rings. The number of pyridine rings is 1. The topological polar surface area (TPSA) is 69.4 Å². The maximum atomic E-state index is 12.6. The molecule has 0 bridgehead atoms. The molecule has 0 saturated carbocycles. The van der Waals surface area contributed by atoms with Crippen LogP contribution in [-0.2, 0) is 17.8 Å². The average molecular weight is 391 g/mol. The van der Waals surface area contributed by atoms with Gasteiger partial charge < -0.3 is 9.15 Å². The number of benzene rings is 1. The molecule has 3 rings (SSSR count). The molecular weight excluding hydrogens is 376 g/mol. The van der Waals surface area contributed by atoms with Crippen molar-refractivity contribution in [1.29, 1.82) is 0 Å². The minimum atomic E-state index is -2.71. The van der Waals surface area contributed by atoms with Crippen LogP contribution in [-0.4, -0.2) is 16.7 Å². The van der Waals surface area contributed by atoms with Crippen molar-refractivity contribution >= 4 is 28.7 Å². The van der Waals surface area contributed by atoms with Crippen molar-refractivity contribution in [3.63, 3.8) is 0 Å². The van der Waals surface area contributed by atoms with Gasteiger partial charge in [0.15, 0.2) is 0 Å². The van der Waals surface area contributed by atoms with Crippen LogP contribution in [0.2, 0.25) is 0 Å².